The normalized spacial score (nSPS) is 14.1. The fourth-order valence-corrected chi connectivity index (χ4v) is 5.75. The molecule has 38 heavy (non-hydrogen) atoms. The Balaban J connectivity index is 1.25. The van der Waals surface area contributed by atoms with E-state index in [1.807, 2.05) is 31.8 Å². The molecule has 10 heteroatoms. The average molecular weight is 693 g/mol. The number of nitrogens with zero attached hydrogens (tertiary/aromatic N) is 8. The number of pyridine rings is 2. The Morgan fingerprint density at radius 1 is 0.974 bits per heavy atom. The molecule has 0 aliphatic carbocycles. The molecule has 2 N–H and O–H groups in total. The average Bonchev–Trinajstić information content (AvgIpc) is 3.52. The Labute approximate surface area is 236 Å². The Morgan fingerprint density at radius 2 is 1.76 bits per heavy atom. The molecular weight excluding hydrogens is 667 g/mol. The second-order valence-electron chi connectivity index (χ2n) is 9.62. The summed E-state index contributed by atoms with van der Waals surface area (Å²) in [5.74, 6) is 1.18. The van der Waals surface area contributed by atoms with Crippen LogP contribution >= 0.6 is 0 Å². The Bertz CT molecular complexity index is 1640. The number of hydrogen-bond donors (Lipinski definition) is 1. The third kappa shape index (κ3) is 4.77. The van der Waals surface area contributed by atoms with E-state index in [0.29, 0.717) is 11.1 Å². The van der Waals surface area contributed by atoms with Gasteiger partial charge in [0.1, 0.15) is 11.6 Å². The van der Waals surface area contributed by atoms with Crippen LogP contribution < -0.4 is 13.8 Å². The van der Waals surface area contributed by atoms with Crippen molar-refractivity contribution < 1.29 is 0 Å². The summed E-state index contributed by atoms with van der Waals surface area (Å²) >= 11 is 0.888. The van der Waals surface area contributed by atoms with Gasteiger partial charge in [0, 0.05) is 41.7 Å². The number of aryl methyl sites for hydroxylation is 1. The summed E-state index contributed by atoms with van der Waals surface area (Å²) in [4.78, 5) is 9.66. The number of piperazine rings is 1. The smallest absolute Gasteiger partial charge is 0.381 e. The predicted molar refractivity (Wildman–Crippen MR) is 149 cm³/mol. The van der Waals surface area contributed by atoms with Gasteiger partial charge in [-0.15, -0.1) is 5.10 Å². The third-order valence-corrected chi connectivity index (χ3v) is 8.54. The molecule has 1 aromatic carbocycles. The molecule has 1 aliphatic heterocycles. The first kappa shape index (κ1) is 24.6. The fourth-order valence-electron chi connectivity index (χ4n) is 5.00. The molecule has 9 nitrogen and oxygen atoms in total. The zero-order chi connectivity index (χ0) is 26.2. The van der Waals surface area contributed by atoms with Gasteiger partial charge < -0.3 is 5.73 Å². The summed E-state index contributed by atoms with van der Waals surface area (Å²) < 4.78 is 4.91. The van der Waals surface area contributed by atoms with Crippen LogP contribution in [0.5, 0.6) is 0 Å². The van der Waals surface area contributed by atoms with Crippen molar-refractivity contribution >= 4 is 46.0 Å². The van der Waals surface area contributed by atoms with E-state index in [-0.39, 0.29) is 5.82 Å². The van der Waals surface area contributed by atoms with Crippen LogP contribution in [-0.4, -0.2) is 81.2 Å². The van der Waals surface area contributed by atoms with Crippen molar-refractivity contribution in [2.75, 3.05) is 36.8 Å². The molecule has 0 bridgehead atoms. The van der Waals surface area contributed by atoms with Crippen molar-refractivity contribution in [1.82, 2.24) is 29.3 Å². The van der Waals surface area contributed by atoms with Gasteiger partial charge >= 0.3 is 130 Å². The molecule has 1 saturated heterocycles. The van der Waals surface area contributed by atoms with Crippen molar-refractivity contribution in [2.45, 2.75) is 6.54 Å². The van der Waals surface area contributed by atoms with Gasteiger partial charge in [0.15, 0.2) is 5.82 Å². The summed E-state index contributed by atoms with van der Waals surface area (Å²) in [6.45, 7) is 4.87. The SMILES string of the molecule is Cn1cc(-c2cc(-c3ccc(N4CCN(Cc5cc[c]([Tl])cc5)CC4)nc3)c3c(C#N)c(N)nn3c2)cn1. The van der Waals surface area contributed by atoms with E-state index in [4.69, 9.17) is 10.7 Å². The Morgan fingerprint density at radius 3 is 2.42 bits per heavy atom. The molecule has 5 heterocycles. The van der Waals surface area contributed by atoms with Gasteiger partial charge in [-0.1, -0.05) is 0 Å². The van der Waals surface area contributed by atoms with Gasteiger partial charge in [-0.25, -0.2) is 4.52 Å². The number of benzene rings is 1. The van der Waals surface area contributed by atoms with Crippen LogP contribution in [0.1, 0.15) is 11.1 Å². The van der Waals surface area contributed by atoms with Gasteiger partial charge in [0.25, 0.3) is 0 Å². The van der Waals surface area contributed by atoms with E-state index in [2.05, 4.69) is 68.5 Å². The molecule has 0 spiro atoms. The molecule has 186 valence electrons. The summed E-state index contributed by atoms with van der Waals surface area (Å²) in [7, 11) is 1.88. The van der Waals surface area contributed by atoms with Crippen LogP contribution in [0, 0.1) is 11.3 Å². The van der Waals surface area contributed by atoms with Crippen LogP contribution in [0.15, 0.2) is 67.3 Å². The van der Waals surface area contributed by atoms with E-state index in [1.54, 1.807) is 9.20 Å². The maximum atomic E-state index is 9.79. The van der Waals surface area contributed by atoms with Crippen molar-refractivity contribution in [2.24, 2.45) is 7.05 Å². The maximum absolute atomic E-state index is 9.79. The minimum Gasteiger partial charge on any atom is -0.381 e. The van der Waals surface area contributed by atoms with E-state index in [1.165, 1.54) is 8.69 Å². The van der Waals surface area contributed by atoms with Crippen molar-refractivity contribution in [3.8, 4) is 28.3 Å². The first-order valence-corrected chi connectivity index (χ1v) is 14.7. The number of anilines is 2. The summed E-state index contributed by atoms with van der Waals surface area (Å²) in [5, 5.41) is 18.5. The molecule has 5 aromatic rings. The van der Waals surface area contributed by atoms with Crippen LogP contribution in [0.4, 0.5) is 11.6 Å². The number of nitrogens with two attached hydrogens (primary N) is 1. The number of rotatable bonds is 5. The molecular formula is C28H26N9Tl. The number of nitriles is 1. The number of nitrogen functional groups attached to an aromatic ring is 1. The van der Waals surface area contributed by atoms with Crippen molar-refractivity contribution in [1.29, 1.82) is 5.26 Å². The monoisotopic (exact) mass is 693 g/mol. The standard InChI is InChI=1S/C28H26N9.Tl/c1-34-18-23(16-32-34)22-13-24(27-25(14-29)28(30)33-37(27)19-22)21-7-8-26(31-15-21)36-11-9-35(10-12-36)17-20-5-3-2-4-6-20;/h3-8,13,15-16,18-19H,9-12,17H2,1H3,(H2,30,33);. The fraction of sp³-hybridized carbons (Fsp3) is 0.214. The van der Waals surface area contributed by atoms with Crippen LogP contribution in [0.25, 0.3) is 27.8 Å². The third-order valence-electron chi connectivity index (χ3n) is 7.04. The first-order valence-electron chi connectivity index (χ1n) is 12.5. The topological polar surface area (TPSA) is 104 Å². The van der Waals surface area contributed by atoms with Gasteiger partial charge in [-0.3, -0.25) is 4.68 Å². The Hall–Kier alpha value is -3.76. The minimum absolute atomic E-state index is 0.215. The summed E-state index contributed by atoms with van der Waals surface area (Å²) in [6, 6.07) is 17.4. The Kier molecular flexibility index (Phi) is 6.59. The second kappa shape index (κ2) is 10.2. The van der Waals surface area contributed by atoms with Crippen LogP contribution in [0.2, 0.25) is 0 Å². The van der Waals surface area contributed by atoms with Gasteiger partial charge in [-0.05, 0) is 6.07 Å². The molecule has 0 unspecified atom stereocenters. The van der Waals surface area contributed by atoms with Crippen LogP contribution in [-0.2, 0) is 13.6 Å². The molecule has 6 rings (SSSR count). The summed E-state index contributed by atoms with van der Waals surface area (Å²) in [5.41, 5.74) is 12.2. The second-order valence-corrected chi connectivity index (χ2v) is 12.2. The van der Waals surface area contributed by atoms with E-state index >= 15 is 0 Å². The summed E-state index contributed by atoms with van der Waals surface area (Å²) in [6.07, 6.45) is 7.52. The molecule has 0 saturated carbocycles. The molecule has 0 amide bonds. The van der Waals surface area contributed by atoms with Gasteiger partial charge in [0.2, 0.25) is 0 Å². The molecule has 1 aliphatic rings. The van der Waals surface area contributed by atoms with Crippen molar-refractivity contribution in [3.63, 3.8) is 0 Å². The predicted octanol–water partition coefficient (Wildman–Crippen LogP) is 2.37. The molecule has 4 aromatic heterocycles. The zero-order valence-corrected chi connectivity index (χ0v) is 25.6. The van der Waals surface area contributed by atoms with E-state index in [0.717, 1.165) is 86.6 Å². The number of fused-ring (bicyclic) bond motifs is 1. The molecule has 0 radical (unpaired) electrons. The van der Waals surface area contributed by atoms with Gasteiger partial charge in [0.05, 0.1) is 11.7 Å². The number of hydrogen-bond acceptors (Lipinski definition) is 7. The van der Waals surface area contributed by atoms with E-state index in [9.17, 15) is 5.26 Å². The molecule has 0 atom stereocenters. The first-order chi connectivity index (χ1) is 18.5. The molecule has 1 fully saturated rings. The number of aromatic nitrogens is 5. The quantitative estimate of drug-likeness (QED) is 0.282. The van der Waals surface area contributed by atoms with Crippen molar-refractivity contribution in [3.05, 3.63) is 78.4 Å². The van der Waals surface area contributed by atoms with Crippen LogP contribution in [0.3, 0.4) is 0 Å². The van der Waals surface area contributed by atoms with Gasteiger partial charge in [-0.2, -0.15) is 10.4 Å². The zero-order valence-electron chi connectivity index (χ0n) is 21.1. The van der Waals surface area contributed by atoms with E-state index < -0.39 is 0 Å². The minimum atomic E-state index is 0.215.